The van der Waals surface area contributed by atoms with Crippen molar-refractivity contribution in [2.45, 2.75) is 66.9 Å². The van der Waals surface area contributed by atoms with Gasteiger partial charge in [-0.1, -0.05) is 34.6 Å². The van der Waals surface area contributed by atoms with Crippen molar-refractivity contribution in [3.05, 3.63) is 58.6 Å². The van der Waals surface area contributed by atoms with Crippen LogP contribution in [0.2, 0.25) is 0 Å². The summed E-state index contributed by atoms with van der Waals surface area (Å²) in [4.78, 5) is 12.8. The Hall–Kier alpha value is -3.48. The number of fused-ring (bicyclic) bond motifs is 1. The molecule has 2 aromatic heterocycles. The number of nitrogens with one attached hydrogen (secondary N) is 1. The lowest BCUT2D eigenvalue weighted by atomic mass is 9.98. The zero-order valence-corrected chi connectivity index (χ0v) is 22.3. The van der Waals surface area contributed by atoms with E-state index in [4.69, 9.17) is 4.74 Å². The highest BCUT2D eigenvalue weighted by atomic mass is 16.5. The summed E-state index contributed by atoms with van der Waals surface area (Å²) in [6.07, 6.45) is 1.98. The molecule has 2 N–H and O–H groups in total. The van der Waals surface area contributed by atoms with Crippen LogP contribution in [0.4, 0.5) is 0 Å². The molecule has 0 unspecified atom stereocenters. The third kappa shape index (κ3) is 5.96. The van der Waals surface area contributed by atoms with Gasteiger partial charge in [0, 0.05) is 30.2 Å². The Kier molecular flexibility index (Phi) is 7.48. The Labute approximate surface area is 207 Å². The van der Waals surface area contributed by atoms with Gasteiger partial charge in [-0.15, -0.1) is 0 Å². The molecule has 0 aliphatic rings. The molecule has 188 valence electrons. The average Bonchev–Trinajstić information content (AvgIpc) is 3.28. The van der Waals surface area contributed by atoms with E-state index in [1.807, 2.05) is 82.8 Å². The first-order chi connectivity index (χ1) is 16.3. The van der Waals surface area contributed by atoms with Crippen molar-refractivity contribution in [2.24, 2.45) is 13.0 Å². The predicted octanol–water partition coefficient (Wildman–Crippen LogP) is 6.39. The van der Waals surface area contributed by atoms with E-state index < -0.39 is 5.60 Å². The van der Waals surface area contributed by atoms with Crippen LogP contribution in [0.25, 0.3) is 28.0 Å². The molecular weight excluding hydrogens is 440 g/mol. The molecule has 35 heavy (non-hydrogen) atoms. The number of hydrogen-bond donors (Lipinski definition) is 2. The molecule has 0 saturated carbocycles. The van der Waals surface area contributed by atoms with Gasteiger partial charge in [0.05, 0.1) is 11.3 Å². The molecule has 2 heterocycles. The van der Waals surface area contributed by atoms with Gasteiger partial charge in [0.2, 0.25) is 0 Å². The Morgan fingerprint density at radius 3 is 2.29 bits per heavy atom. The van der Waals surface area contributed by atoms with E-state index in [0.29, 0.717) is 22.8 Å². The maximum atomic E-state index is 12.8. The van der Waals surface area contributed by atoms with Gasteiger partial charge in [0.25, 0.3) is 0 Å². The number of phenolic OH excluding ortho intramolecular Hbond substituents is 1. The number of hydrogen-bond acceptors (Lipinski definition) is 4. The zero-order chi connectivity index (χ0) is 26.1. The van der Waals surface area contributed by atoms with Crippen LogP contribution in [0.3, 0.4) is 0 Å². The van der Waals surface area contributed by atoms with Gasteiger partial charge in [-0.05, 0) is 68.5 Å². The standard InChI is InChI=1S/C24H28N4O3.C4H10/c1-14(2)17-12-18(21(13-20(17)29)31-24(3,4)5)22-25-26-23(30)28(22)16-7-8-19-15(11-16)9-10-27(19)6;1-4(2)3/h7-14,29H,1-6H3,(H,26,30);4H,1-3H3. The van der Waals surface area contributed by atoms with Crippen molar-refractivity contribution in [1.29, 1.82) is 0 Å². The van der Waals surface area contributed by atoms with Crippen LogP contribution in [0.1, 0.15) is 66.9 Å². The molecule has 2 aromatic carbocycles. The Morgan fingerprint density at radius 2 is 1.69 bits per heavy atom. The highest BCUT2D eigenvalue weighted by Gasteiger charge is 2.23. The second-order valence-corrected chi connectivity index (χ2v) is 10.9. The molecule has 0 aliphatic carbocycles. The van der Waals surface area contributed by atoms with Gasteiger partial charge in [-0.3, -0.25) is 0 Å². The maximum absolute atomic E-state index is 12.8. The lowest BCUT2D eigenvalue weighted by Crippen LogP contribution is -2.23. The first-order valence-electron chi connectivity index (χ1n) is 12.1. The summed E-state index contributed by atoms with van der Waals surface area (Å²) in [5, 5.41) is 18.5. The number of aromatic nitrogens is 4. The summed E-state index contributed by atoms with van der Waals surface area (Å²) in [5.41, 5.74) is 2.34. The van der Waals surface area contributed by atoms with Crippen LogP contribution in [0.15, 0.2) is 47.4 Å². The number of nitrogens with zero attached hydrogens (tertiary/aromatic N) is 3. The number of aromatic amines is 1. The molecule has 0 aliphatic heterocycles. The summed E-state index contributed by atoms with van der Waals surface area (Å²) in [7, 11) is 1.98. The van der Waals surface area contributed by atoms with Crippen LogP contribution >= 0.6 is 0 Å². The van der Waals surface area contributed by atoms with Crippen molar-refractivity contribution in [3.63, 3.8) is 0 Å². The topological polar surface area (TPSA) is 85.1 Å². The second kappa shape index (κ2) is 10.0. The van der Waals surface area contributed by atoms with Crippen molar-refractivity contribution >= 4 is 10.9 Å². The van der Waals surface area contributed by atoms with E-state index in [1.54, 1.807) is 10.6 Å². The van der Waals surface area contributed by atoms with Crippen molar-refractivity contribution < 1.29 is 9.84 Å². The molecule has 4 rings (SSSR count). The number of aryl methyl sites for hydroxylation is 1. The van der Waals surface area contributed by atoms with Crippen LogP contribution < -0.4 is 10.4 Å². The molecule has 4 aromatic rings. The fourth-order valence-electron chi connectivity index (χ4n) is 3.76. The van der Waals surface area contributed by atoms with Crippen LogP contribution in [-0.2, 0) is 7.05 Å². The van der Waals surface area contributed by atoms with E-state index in [-0.39, 0.29) is 17.4 Å². The molecule has 0 saturated heterocycles. The maximum Gasteiger partial charge on any atom is 0.348 e. The third-order valence-corrected chi connectivity index (χ3v) is 5.21. The number of rotatable bonds is 4. The Bertz CT molecular complexity index is 1360. The Balaban J connectivity index is 0.000000795. The van der Waals surface area contributed by atoms with Crippen molar-refractivity contribution in [1.82, 2.24) is 19.3 Å². The van der Waals surface area contributed by atoms with E-state index in [0.717, 1.165) is 22.4 Å². The summed E-state index contributed by atoms with van der Waals surface area (Å²) in [6.45, 7) is 16.3. The zero-order valence-electron chi connectivity index (χ0n) is 22.3. The summed E-state index contributed by atoms with van der Waals surface area (Å²) >= 11 is 0. The summed E-state index contributed by atoms with van der Waals surface area (Å²) < 4.78 is 9.71. The molecule has 0 amide bonds. The van der Waals surface area contributed by atoms with Crippen molar-refractivity contribution in [3.8, 4) is 28.6 Å². The third-order valence-electron chi connectivity index (χ3n) is 5.21. The van der Waals surface area contributed by atoms with Gasteiger partial charge < -0.3 is 14.4 Å². The fourth-order valence-corrected chi connectivity index (χ4v) is 3.76. The molecule has 0 radical (unpaired) electrons. The largest absolute Gasteiger partial charge is 0.508 e. The average molecular weight is 479 g/mol. The molecule has 7 nitrogen and oxygen atoms in total. The van der Waals surface area contributed by atoms with E-state index in [1.165, 1.54) is 0 Å². The monoisotopic (exact) mass is 478 g/mol. The van der Waals surface area contributed by atoms with E-state index in [9.17, 15) is 9.90 Å². The van der Waals surface area contributed by atoms with Gasteiger partial charge in [0.1, 0.15) is 17.1 Å². The Morgan fingerprint density at radius 1 is 1.03 bits per heavy atom. The van der Waals surface area contributed by atoms with Gasteiger partial charge in [-0.2, -0.15) is 5.10 Å². The lowest BCUT2D eigenvalue weighted by Gasteiger charge is -2.24. The first-order valence-corrected chi connectivity index (χ1v) is 12.1. The van der Waals surface area contributed by atoms with E-state index >= 15 is 0 Å². The van der Waals surface area contributed by atoms with Crippen molar-refractivity contribution in [2.75, 3.05) is 0 Å². The predicted molar refractivity (Wildman–Crippen MR) is 143 cm³/mol. The number of phenols is 1. The summed E-state index contributed by atoms with van der Waals surface area (Å²) in [5.74, 6) is 1.98. The molecule has 0 spiro atoms. The fraction of sp³-hybridized carbons (Fsp3) is 0.429. The molecule has 7 heteroatoms. The minimum atomic E-state index is -0.495. The van der Waals surface area contributed by atoms with Gasteiger partial charge in [-0.25, -0.2) is 14.5 Å². The SMILES string of the molecule is CC(C)C.CC(C)c1cc(-c2n[nH]c(=O)n2-c2ccc3c(ccn3C)c2)c(OC(C)(C)C)cc1O. The lowest BCUT2D eigenvalue weighted by molar-refractivity contribution is 0.131. The summed E-state index contributed by atoms with van der Waals surface area (Å²) in [6, 6.07) is 11.3. The first kappa shape index (κ1) is 26.1. The highest BCUT2D eigenvalue weighted by molar-refractivity contribution is 5.82. The molecule has 0 atom stereocenters. The molecule has 0 bridgehead atoms. The van der Waals surface area contributed by atoms with Crippen LogP contribution in [0.5, 0.6) is 11.5 Å². The second-order valence-electron chi connectivity index (χ2n) is 10.9. The molecular formula is C28H38N4O3. The quantitative estimate of drug-likeness (QED) is 0.356. The molecule has 0 fully saturated rings. The van der Waals surface area contributed by atoms with Crippen LogP contribution in [0, 0.1) is 5.92 Å². The minimum absolute atomic E-state index is 0.0854. The minimum Gasteiger partial charge on any atom is -0.508 e. The van der Waals surface area contributed by atoms with Gasteiger partial charge >= 0.3 is 5.69 Å². The number of ether oxygens (including phenoxy) is 1. The van der Waals surface area contributed by atoms with E-state index in [2.05, 4.69) is 31.0 Å². The number of H-pyrrole nitrogens is 1. The van der Waals surface area contributed by atoms with Gasteiger partial charge in [0.15, 0.2) is 5.82 Å². The smallest absolute Gasteiger partial charge is 0.348 e. The van der Waals surface area contributed by atoms with Crippen LogP contribution in [-0.4, -0.2) is 30.0 Å². The normalized spacial score (nSPS) is 11.7. The highest BCUT2D eigenvalue weighted by Crippen LogP contribution is 2.39. The number of aromatic hydroxyl groups is 1. The number of benzene rings is 2.